The molecule has 21 heavy (non-hydrogen) atoms. The van der Waals surface area contributed by atoms with Crippen LogP contribution < -0.4 is 4.90 Å². The molecule has 1 amide bonds. The van der Waals surface area contributed by atoms with Crippen molar-refractivity contribution in [2.24, 2.45) is 5.92 Å². The average Bonchev–Trinajstić information content (AvgIpc) is 2.41. The molecule has 0 spiro atoms. The summed E-state index contributed by atoms with van der Waals surface area (Å²) in [6.45, 7) is -0.112. The summed E-state index contributed by atoms with van der Waals surface area (Å²) in [6, 6.07) is 6.39. The molecule has 1 aromatic carbocycles. The lowest BCUT2D eigenvalue weighted by atomic mass is 9.90. The van der Waals surface area contributed by atoms with Gasteiger partial charge in [0.15, 0.2) is 0 Å². The molecule has 1 aliphatic rings. The van der Waals surface area contributed by atoms with Crippen molar-refractivity contribution in [2.45, 2.75) is 12.6 Å². The number of nitrogens with zero attached hydrogens (tertiary/aromatic N) is 1. The third-order valence-corrected chi connectivity index (χ3v) is 3.68. The van der Waals surface area contributed by atoms with Gasteiger partial charge < -0.3 is 4.90 Å². The number of rotatable bonds is 2. The molecule has 0 aliphatic carbocycles. The first kappa shape index (κ1) is 15.7. The van der Waals surface area contributed by atoms with E-state index in [4.69, 9.17) is 0 Å². The number of anilines is 1. The molecule has 8 heteroatoms. The van der Waals surface area contributed by atoms with Crippen LogP contribution in [0.25, 0.3) is 0 Å². The van der Waals surface area contributed by atoms with Crippen LogP contribution in [0.1, 0.15) is 6.42 Å². The summed E-state index contributed by atoms with van der Waals surface area (Å²) in [4.78, 5) is 35.9. The molecule has 112 valence electrons. The Balaban J connectivity index is 2.20. The standard InChI is InChI=1S/C13H9BrF3NO3/c14-7-1-3-8(4-2-7)18-6-5-9(10(19)12(18)21)11(20)13(15,16)17/h1-4,9H,5-6H2. The lowest BCUT2D eigenvalue weighted by molar-refractivity contribution is -0.177. The highest BCUT2D eigenvalue weighted by Gasteiger charge is 2.50. The Morgan fingerprint density at radius 2 is 1.76 bits per heavy atom. The largest absolute Gasteiger partial charge is 0.450 e. The predicted molar refractivity (Wildman–Crippen MR) is 70.7 cm³/mol. The van der Waals surface area contributed by atoms with Crippen LogP contribution >= 0.6 is 15.9 Å². The summed E-state index contributed by atoms with van der Waals surface area (Å²) in [6.07, 6.45) is -5.45. The van der Waals surface area contributed by atoms with Gasteiger partial charge >= 0.3 is 6.18 Å². The molecule has 4 nitrogen and oxygen atoms in total. The Bertz CT molecular complexity index is 598. The zero-order valence-electron chi connectivity index (χ0n) is 10.5. The fourth-order valence-electron chi connectivity index (χ4n) is 2.09. The summed E-state index contributed by atoms with van der Waals surface area (Å²) in [5.74, 6) is -6.49. The van der Waals surface area contributed by atoms with Crippen LogP contribution in [0.4, 0.5) is 18.9 Å². The summed E-state index contributed by atoms with van der Waals surface area (Å²) < 4.78 is 37.9. The van der Waals surface area contributed by atoms with E-state index < -0.39 is 29.6 Å². The Morgan fingerprint density at radius 3 is 2.29 bits per heavy atom. The van der Waals surface area contributed by atoms with Gasteiger partial charge in [0.2, 0.25) is 11.6 Å². The number of piperidine rings is 1. The minimum Gasteiger partial charge on any atom is -0.306 e. The SMILES string of the molecule is O=C1C(=O)N(c2ccc(Br)cc2)CCC1C(=O)C(F)(F)F. The van der Waals surface area contributed by atoms with E-state index in [2.05, 4.69) is 15.9 Å². The molecular weight excluding hydrogens is 355 g/mol. The third-order valence-electron chi connectivity index (χ3n) is 3.15. The monoisotopic (exact) mass is 363 g/mol. The fourth-order valence-corrected chi connectivity index (χ4v) is 2.35. The van der Waals surface area contributed by atoms with Crippen molar-refractivity contribution >= 4 is 39.1 Å². The molecule has 1 unspecified atom stereocenters. The minimum absolute atomic E-state index is 0.112. The van der Waals surface area contributed by atoms with E-state index in [9.17, 15) is 27.6 Å². The number of halogens is 4. The van der Waals surface area contributed by atoms with Crippen LogP contribution in [0.3, 0.4) is 0 Å². The van der Waals surface area contributed by atoms with E-state index in [1.165, 1.54) is 0 Å². The number of benzene rings is 1. The average molecular weight is 364 g/mol. The normalized spacial score (nSPS) is 19.8. The van der Waals surface area contributed by atoms with E-state index in [0.29, 0.717) is 5.69 Å². The van der Waals surface area contributed by atoms with Gasteiger partial charge in [0, 0.05) is 16.7 Å². The Hall–Kier alpha value is -1.70. The number of hydrogen-bond acceptors (Lipinski definition) is 3. The Kier molecular flexibility index (Phi) is 4.18. The van der Waals surface area contributed by atoms with Gasteiger partial charge in [0.1, 0.15) is 0 Å². The lowest BCUT2D eigenvalue weighted by Crippen LogP contribution is -2.50. The van der Waals surface area contributed by atoms with Gasteiger partial charge in [-0.05, 0) is 30.7 Å². The molecule has 1 aliphatic heterocycles. The highest BCUT2D eigenvalue weighted by atomic mass is 79.9. The van der Waals surface area contributed by atoms with Crippen LogP contribution in [0.2, 0.25) is 0 Å². The lowest BCUT2D eigenvalue weighted by Gasteiger charge is -2.30. The van der Waals surface area contributed by atoms with E-state index >= 15 is 0 Å². The summed E-state index contributed by atoms with van der Waals surface area (Å²) in [7, 11) is 0. The van der Waals surface area contributed by atoms with Gasteiger partial charge in [-0.2, -0.15) is 13.2 Å². The maximum Gasteiger partial charge on any atom is 0.450 e. The maximum absolute atomic E-state index is 12.4. The number of carbonyl (C=O) groups is 3. The summed E-state index contributed by atoms with van der Waals surface area (Å²) >= 11 is 3.21. The number of hydrogen-bond donors (Lipinski definition) is 0. The number of amides is 1. The highest BCUT2D eigenvalue weighted by molar-refractivity contribution is 9.10. The number of alkyl halides is 3. The third kappa shape index (κ3) is 3.15. The number of carbonyl (C=O) groups excluding carboxylic acids is 3. The minimum atomic E-state index is -5.11. The van der Waals surface area contributed by atoms with E-state index in [0.717, 1.165) is 9.37 Å². The van der Waals surface area contributed by atoms with Gasteiger partial charge in [-0.25, -0.2) is 0 Å². The molecule has 0 saturated carbocycles. The summed E-state index contributed by atoms with van der Waals surface area (Å²) in [5.41, 5.74) is 0.398. The van der Waals surface area contributed by atoms with Crippen LogP contribution in [0, 0.1) is 5.92 Å². The first-order valence-corrected chi connectivity index (χ1v) is 6.73. The zero-order chi connectivity index (χ0) is 15.8. The molecule has 1 atom stereocenters. The molecule has 2 rings (SSSR count). The summed E-state index contributed by atoms with van der Waals surface area (Å²) in [5, 5.41) is 0. The topological polar surface area (TPSA) is 54.5 Å². The van der Waals surface area contributed by atoms with Crippen molar-refractivity contribution < 1.29 is 27.6 Å². The van der Waals surface area contributed by atoms with Gasteiger partial charge in [0.05, 0.1) is 5.92 Å². The number of ketones is 2. The van der Waals surface area contributed by atoms with Crippen molar-refractivity contribution in [1.29, 1.82) is 0 Å². The molecule has 0 aromatic heterocycles. The van der Waals surface area contributed by atoms with Crippen molar-refractivity contribution in [3.8, 4) is 0 Å². The highest BCUT2D eigenvalue weighted by Crippen LogP contribution is 2.29. The molecule has 1 saturated heterocycles. The molecule has 1 fully saturated rings. The second kappa shape index (κ2) is 5.59. The maximum atomic E-state index is 12.4. The van der Waals surface area contributed by atoms with Crippen LogP contribution in [-0.2, 0) is 14.4 Å². The number of Topliss-reactive ketones (excluding diaryl/α,β-unsaturated/α-hetero) is 2. The molecule has 0 N–H and O–H groups in total. The molecule has 0 bridgehead atoms. The molecule has 0 radical (unpaired) electrons. The second-order valence-electron chi connectivity index (χ2n) is 4.50. The Morgan fingerprint density at radius 1 is 1.19 bits per heavy atom. The van der Waals surface area contributed by atoms with Crippen molar-refractivity contribution in [3.05, 3.63) is 28.7 Å². The van der Waals surface area contributed by atoms with Crippen LogP contribution in [0.15, 0.2) is 28.7 Å². The van der Waals surface area contributed by atoms with E-state index in [1.54, 1.807) is 24.3 Å². The smallest absolute Gasteiger partial charge is 0.306 e. The van der Waals surface area contributed by atoms with Gasteiger partial charge in [-0.1, -0.05) is 15.9 Å². The Labute approximate surface area is 126 Å². The van der Waals surface area contributed by atoms with E-state index in [1.807, 2.05) is 0 Å². The quantitative estimate of drug-likeness (QED) is 0.599. The second-order valence-corrected chi connectivity index (χ2v) is 5.42. The first-order chi connectivity index (χ1) is 9.71. The van der Waals surface area contributed by atoms with Crippen molar-refractivity contribution in [2.75, 3.05) is 11.4 Å². The first-order valence-electron chi connectivity index (χ1n) is 5.94. The zero-order valence-corrected chi connectivity index (χ0v) is 12.1. The molecule has 1 aromatic rings. The molecule has 1 heterocycles. The van der Waals surface area contributed by atoms with Gasteiger partial charge in [0.25, 0.3) is 5.91 Å². The van der Waals surface area contributed by atoms with Gasteiger partial charge in [-0.3, -0.25) is 14.4 Å². The van der Waals surface area contributed by atoms with Crippen molar-refractivity contribution in [1.82, 2.24) is 0 Å². The fraction of sp³-hybridized carbons (Fsp3) is 0.308. The molecular formula is C13H9BrF3NO3. The predicted octanol–water partition coefficient (Wildman–Crippen LogP) is 2.50. The van der Waals surface area contributed by atoms with Crippen molar-refractivity contribution in [3.63, 3.8) is 0 Å². The van der Waals surface area contributed by atoms with Crippen LogP contribution in [-0.4, -0.2) is 30.2 Å². The van der Waals surface area contributed by atoms with Crippen LogP contribution in [0.5, 0.6) is 0 Å². The van der Waals surface area contributed by atoms with Gasteiger partial charge in [-0.15, -0.1) is 0 Å². The van der Waals surface area contributed by atoms with E-state index in [-0.39, 0.29) is 13.0 Å².